The summed E-state index contributed by atoms with van der Waals surface area (Å²) in [4.78, 5) is 12.9. The SMILES string of the molecule is C=CCn1c(=O)c2ccccc2n2c(SCc3nnc(-c4ccc(Br)cc4)o3)nnc12. The van der Waals surface area contributed by atoms with Crippen molar-refractivity contribution in [3.8, 4) is 11.5 Å². The molecule has 0 N–H and O–H groups in total. The van der Waals surface area contributed by atoms with Gasteiger partial charge in [-0.2, -0.15) is 0 Å². The number of nitrogens with zero attached hydrogens (tertiary/aromatic N) is 6. The van der Waals surface area contributed by atoms with Crippen molar-refractivity contribution < 1.29 is 4.42 Å². The summed E-state index contributed by atoms with van der Waals surface area (Å²) in [5, 5.41) is 18.1. The van der Waals surface area contributed by atoms with E-state index in [0.717, 1.165) is 15.6 Å². The number of allylic oxidation sites excluding steroid dienone is 1. The van der Waals surface area contributed by atoms with Crippen molar-refractivity contribution in [2.75, 3.05) is 0 Å². The Morgan fingerprint density at radius 1 is 1.06 bits per heavy atom. The molecule has 0 radical (unpaired) electrons. The lowest BCUT2D eigenvalue weighted by Gasteiger charge is -2.09. The minimum atomic E-state index is -0.122. The Labute approximate surface area is 188 Å². The maximum absolute atomic E-state index is 12.9. The molecule has 5 rings (SSSR count). The van der Waals surface area contributed by atoms with Crippen molar-refractivity contribution in [2.24, 2.45) is 0 Å². The maximum atomic E-state index is 12.9. The molecule has 3 heterocycles. The second-order valence-electron chi connectivity index (χ2n) is 6.64. The van der Waals surface area contributed by atoms with Gasteiger partial charge in [0.05, 0.1) is 16.7 Å². The third-order valence-electron chi connectivity index (χ3n) is 4.67. The lowest BCUT2D eigenvalue weighted by molar-refractivity contribution is 0.528. The van der Waals surface area contributed by atoms with Gasteiger partial charge < -0.3 is 4.42 Å². The van der Waals surface area contributed by atoms with Gasteiger partial charge in [0.1, 0.15) is 0 Å². The summed E-state index contributed by atoms with van der Waals surface area (Å²) in [6.07, 6.45) is 1.67. The molecule has 154 valence electrons. The van der Waals surface area contributed by atoms with Gasteiger partial charge in [0.15, 0.2) is 5.16 Å². The number of halogens is 1. The van der Waals surface area contributed by atoms with E-state index in [9.17, 15) is 4.79 Å². The number of fused-ring (bicyclic) bond motifs is 3. The highest BCUT2D eigenvalue weighted by Crippen LogP contribution is 2.26. The van der Waals surface area contributed by atoms with E-state index in [-0.39, 0.29) is 5.56 Å². The standard InChI is InChI=1S/C21H15BrN6O2S/c1-2-11-27-19(29)15-5-3-4-6-16(15)28-20(27)25-26-21(28)31-12-17-23-24-18(30-17)13-7-9-14(22)10-8-13/h2-10H,1,11-12H2. The summed E-state index contributed by atoms with van der Waals surface area (Å²) in [5.41, 5.74) is 1.47. The van der Waals surface area contributed by atoms with E-state index in [4.69, 9.17) is 4.42 Å². The fourth-order valence-corrected chi connectivity index (χ4v) is 4.31. The summed E-state index contributed by atoms with van der Waals surface area (Å²) < 4.78 is 10.2. The third kappa shape index (κ3) is 3.57. The summed E-state index contributed by atoms with van der Waals surface area (Å²) in [7, 11) is 0. The van der Waals surface area contributed by atoms with Crippen LogP contribution in [0.4, 0.5) is 0 Å². The second-order valence-corrected chi connectivity index (χ2v) is 8.49. The van der Waals surface area contributed by atoms with Crippen molar-refractivity contribution in [2.45, 2.75) is 17.5 Å². The Morgan fingerprint density at radius 2 is 1.87 bits per heavy atom. The lowest BCUT2D eigenvalue weighted by atomic mass is 10.2. The number of para-hydroxylation sites is 1. The van der Waals surface area contributed by atoms with Crippen LogP contribution in [0.1, 0.15) is 5.89 Å². The first-order valence-electron chi connectivity index (χ1n) is 9.34. The molecule has 0 aliphatic heterocycles. The molecule has 0 bridgehead atoms. The van der Waals surface area contributed by atoms with Gasteiger partial charge in [-0.15, -0.1) is 27.0 Å². The van der Waals surface area contributed by atoms with Crippen molar-refractivity contribution in [1.29, 1.82) is 0 Å². The normalized spacial score (nSPS) is 11.4. The van der Waals surface area contributed by atoms with E-state index in [1.165, 1.54) is 11.8 Å². The zero-order valence-corrected chi connectivity index (χ0v) is 18.5. The van der Waals surface area contributed by atoms with Crippen LogP contribution in [0.3, 0.4) is 0 Å². The van der Waals surface area contributed by atoms with Gasteiger partial charge in [0.25, 0.3) is 5.56 Å². The molecular formula is C21H15BrN6O2S. The fraction of sp³-hybridized carbons (Fsp3) is 0.0952. The fourth-order valence-electron chi connectivity index (χ4n) is 3.27. The Bertz CT molecular complexity index is 1470. The van der Waals surface area contributed by atoms with Gasteiger partial charge >= 0.3 is 0 Å². The minimum Gasteiger partial charge on any atom is -0.420 e. The van der Waals surface area contributed by atoms with Gasteiger partial charge in [-0.05, 0) is 36.4 Å². The molecule has 0 aliphatic rings. The molecule has 2 aromatic carbocycles. The predicted octanol–water partition coefficient (Wildman–Crippen LogP) is 4.34. The number of aromatic nitrogens is 6. The van der Waals surface area contributed by atoms with Gasteiger partial charge in [0.2, 0.25) is 17.6 Å². The number of rotatable bonds is 6. The van der Waals surface area contributed by atoms with E-state index >= 15 is 0 Å². The average Bonchev–Trinajstić information content (AvgIpc) is 3.43. The van der Waals surface area contributed by atoms with Crippen molar-refractivity contribution >= 4 is 44.4 Å². The van der Waals surface area contributed by atoms with Crippen LogP contribution >= 0.6 is 27.7 Å². The Balaban J connectivity index is 1.50. The van der Waals surface area contributed by atoms with Crippen LogP contribution in [0.15, 0.2) is 80.0 Å². The monoisotopic (exact) mass is 494 g/mol. The summed E-state index contributed by atoms with van der Waals surface area (Å²) in [6, 6.07) is 15.1. The third-order valence-corrected chi connectivity index (χ3v) is 6.12. The molecule has 0 spiro atoms. The maximum Gasteiger partial charge on any atom is 0.263 e. The Morgan fingerprint density at radius 3 is 2.68 bits per heavy atom. The van der Waals surface area contributed by atoms with Crippen LogP contribution in [-0.2, 0) is 12.3 Å². The highest BCUT2D eigenvalue weighted by atomic mass is 79.9. The molecule has 0 saturated heterocycles. The highest BCUT2D eigenvalue weighted by Gasteiger charge is 2.17. The molecule has 0 unspecified atom stereocenters. The number of hydrogen-bond donors (Lipinski definition) is 0. The molecule has 0 amide bonds. The average molecular weight is 495 g/mol. The zero-order chi connectivity index (χ0) is 21.4. The predicted molar refractivity (Wildman–Crippen MR) is 122 cm³/mol. The molecule has 0 atom stereocenters. The topological polar surface area (TPSA) is 91.1 Å². The summed E-state index contributed by atoms with van der Waals surface area (Å²) in [6.45, 7) is 4.09. The van der Waals surface area contributed by atoms with Crippen LogP contribution in [0.5, 0.6) is 0 Å². The lowest BCUT2D eigenvalue weighted by Crippen LogP contribution is -2.22. The molecule has 10 heteroatoms. The minimum absolute atomic E-state index is 0.122. The molecule has 31 heavy (non-hydrogen) atoms. The van der Waals surface area contributed by atoms with Crippen LogP contribution in [0.25, 0.3) is 28.1 Å². The zero-order valence-electron chi connectivity index (χ0n) is 16.1. The van der Waals surface area contributed by atoms with Crippen molar-refractivity contribution in [3.63, 3.8) is 0 Å². The van der Waals surface area contributed by atoms with Crippen LogP contribution < -0.4 is 5.56 Å². The largest absolute Gasteiger partial charge is 0.420 e. The molecule has 8 nitrogen and oxygen atoms in total. The smallest absolute Gasteiger partial charge is 0.263 e. The number of thioether (sulfide) groups is 1. The van der Waals surface area contributed by atoms with Crippen molar-refractivity contribution in [1.82, 2.24) is 29.4 Å². The van der Waals surface area contributed by atoms with Crippen LogP contribution in [0, 0.1) is 0 Å². The molecule has 3 aromatic heterocycles. The molecule has 0 aliphatic carbocycles. The number of hydrogen-bond acceptors (Lipinski definition) is 7. The quantitative estimate of drug-likeness (QED) is 0.256. The van der Waals surface area contributed by atoms with Gasteiger partial charge in [0, 0.05) is 16.6 Å². The first-order valence-corrected chi connectivity index (χ1v) is 11.1. The van der Waals surface area contributed by atoms with Gasteiger partial charge in [-0.25, -0.2) is 0 Å². The van der Waals surface area contributed by atoms with E-state index < -0.39 is 0 Å². The molecule has 0 saturated carbocycles. The van der Waals surface area contributed by atoms with Crippen molar-refractivity contribution in [3.05, 3.63) is 81.9 Å². The Hall–Kier alpha value is -3.24. The van der Waals surface area contributed by atoms with E-state index in [2.05, 4.69) is 42.9 Å². The van der Waals surface area contributed by atoms with Gasteiger partial charge in [-0.1, -0.05) is 45.9 Å². The first kappa shape index (κ1) is 19.7. The highest BCUT2D eigenvalue weighted by molar-refractivity contribution is 9.10. The van der Waals surface area contributed by atoms with E-state index in [0.29, 0.717) is 40.4 Å². The molecule has 0 fully saturated rings. The van der Waals surface area contributed by atoms with Gasteiger partial charge in [-0.3, -0.25) is 13.8 Å². The van der Waals surface area contributed by atoms with E-state index in [1.54, 1.807) is 16.7 Å². The van der Waals surface area contributed by atoms with E-state index in [1.807, 2.05) is 46.9 Å². The first-order chi connectivity index (χ1) is 15.2. The summed E-state index contributed by atoms with van der Waals surface area (Å²) >= 11 is 4.83. The second kappa shape index (κ2) is 8.12. The Kier molecular flexibility index (Phi) is 5.16. The molecule has 5 aromatic rings. The van der Waals surface area contributed by atoms with Crippen LogP contribution in [-0.4, -0.2) is 29.4 Å². The molecular weight excluding hydrogens is 480 g/mol. The van der Waals surface area contributed by atoms with Crippen LogP contribution in [0.2, 0.25) is 0 Å². The summed E-state index contributed by atoms with van der Waals surface area (Å²) in [5.74, 6) is 1.81. The number of benzene rings is 2.